The van der Waals surface area contributed by atoms with E-state index < -0.39 is 5.97 Å². The Bertz CT molecular complexity index is 405. The molecule has 1 rings (SSSR count). The van der Waals surface area contributed by atoms with Crippen molar-refractivity contribution in [2.75, 3.05) is 26.2 Å². The van der Waals surface area contributed by atoms with E-state index in [9.17, 15) is 4.79 Å². The van der Waals surface area contributed by atoms with Crippen LogP contribution in [0.1, 0.15) is 24.2 Å². The summed E-state index contributed by atoms with van der Waals surface area (Å²) in [4.78, 5) is 13.3. The van der Waals surface area contributed by atoms with Gasteiger partial charge in [0.25, 0.3) is 0 Å². The number of hydrogen-bond acceptors (Lipinski definition) is 3. The predicted molar refractivity (Wildman–Crippen MR) is 71.7 cm³/mol. The maximum atomic E-state index is 11.1. The molecule has 0 atom stereocenters. The van der Waals surface area contributed by atoms with Crippen molar-refractivity contribution in [3.05, 3.63) is 28.8 Å². The van der Waals surface area contributed by atoms with Crippen LogP contribution in [0, 0.1) is 0 Å². The molecule has 0 amide bonds. The van der Waals surface area contributed by atoms with E-state index >= 15 is 0 Å². The molecule has 0 fully saturated rings. The second-order valence-corrected chi connectivity index (χ2v) is 4.20. The van der Waals surface area contributed by atoms with E-state index in [1.165, 1.54) is 0 Å². The van der Waals surface area contributed by atoms with E-state index in [0.29, 0.717) is 12.4 Å². The van der Waals surface area contributed by atoms with Gasteiger partial charge in [0.2, 0.25) is 0 Å². The fraction of sp³-hybridized carbons (Fsp3) is 0.462. The maximum Gasteiger partial charge on any atom is 0.341 e. The molecule has 0 aliphatic rings. The average Bonchev–Trinajstić information content (AvgIpc) is 2.34. The monoisotopic (exact) mass is 271 g/mol. The van der Waals surface area contributed by atoms with Crippen LogP contribution in [0.2, 0.25) is 5.02 Å². The molecule has 5 heteroatoms. The number of halogens is 1. The third-order valence-electron chi connectivity index (χ3n) is 2.75. The van der Waals surface area contributed by atoms with Crippen LogP contribution in [-0.4, -0.2) is 42.2 Å². The average molecular weight is 272 g/mol. The van der Waals surface area contributed by atoms with Crippen molar-refractivity contribution >= 4 is 17.6 Å². The fourth-order valence-electron chi connectivity index (χ4n) is 1.66. The van der Waals surface area contributed by atoms with Crippen LogP contribution in [0.4, 0.5) is 0 Å². The molecule has 1 aromatic carbocycles. The van der Waals surface area contributed by atoms with E-state index in [1.807, 2.05) is 0 Å². The summed E-state index contributed by atoms with van der Waals surface area (Å²) in [6.45, 7) is 7.25. The Morgan fingerprint density at radius 2 is 2.06 bits per heavy atom. The van der Waals surface area contributed by atoms with Gasteiger partial charge in [-0.05, 0) is 25.2 Å². The quantitative estimate of drug-likeness (QED) is 0.828. The van der Waals surface area contributed by atoms with E-state index in [0.717, 1.165) is 19.6 Å². The lowest BCUT2D eigenvalue weighted by atomic mass is 10.2. The topological polar surface area (TPSA) is 49.8 Å². The normalized spacial score (nSPS) is 10.7. The molecule has 1 N–H and O–H groups in total. The Morgan fingerprint density at radius 3 is 2.61 bits per heavy atom. The Hall–Kier alpha value is -1.26. The zero-order chi connectivity index (χ0) is 13.5. The Morgan fingerprint density at radius 1 is 1.39 bits per heavy atom. The maximum absolute atomic E-state index is 11.1. The molecule has 1 aromatic rings. The standard InChI is InChI=1S/C13H18ClNO3/c1-3-15(4-2)8-9-18-11-7-5-6-10(14)12(11)13(16)17/h5-7H,3-4,8-9H2,1-2H3,(H,16,17). The summed E-state index contributed by atoms with van der Waals surface area (Å²) in [6.07, 6.45) is 0. The van der Waals surface area contributed by atoms with Gasteiger partial charge < -0.3 is 14.7 Å². The van der Waals surface area contributed by atoms with Crippen molar-refractivity contribution in [1.29, 1.82) is 0 Å². The Balaban J connectivity index is 2.67. The van der Waals surface area contributed by atoms with Crippen LogP contribution >= 0.6 is 11.6 Å². The number of ether oxygens (including phenoxy) is 1. The molecule has 0 aliphatic carbocycles. The van der Waals surface area contributed by atoms with Gasteiger partial charge in [-0.15, -0.1) is 0 Å². The first-order chi connectivity index (χ1) is 8.60. The molecule has 0 aliphatic heterocycles. The number of carbonyl (C=O) groups is 1. The van der Waals surface area contributed by atoms with E-state index in [4.69, 9.17) is 21.4 Å². The van der Waals surface area contributed by atoms with Gasteiger partial charge >= 0.3 is 5.97 Å². The van der Waals surface area contributed by atoms with Crippen molar-refractivity contribution in [2.24, 2.45) is 0 Å². The first-order valence-electron chi connectivity index (χ1n) is 5.97. The lowest BCUT2D eigenvalue weighted by Crippen LogP contribution is -2.28. The van der Waals surface area contributed by atoms with Crippen molar-refractivity contribution in [2.45, 2.75) is 13.8 Å². The molecule has 0 radical (unpaired) electrons. The Kier molecular flexibility index (Phi) is 5.95. The zero-order valence-electron chi connectivity index (χ0n) is 10.6. The molecule has 0 unspecified atom stereocenters. The number of benzene rings is 1. The predicted octanol–water partition coefficient (Wildman–Crippen LogP) is 2.76. The van der Waals surface area contributed by atoms with Crippen molar-refractivity contribution in [1.82, 2.24) is 4.90 Å². The first-order valence-corrected chi connectivity index (χ1v) is 6.34. The summed E-state index contributed by atoms with van der Waals surface area (Å²) in [6, 6.07) is 4.85. The van der Waals surface area contributed by atoms with Gasteiger partial charge in [-0.3, -0.25) is 0 Å². The third kappa shape index (κ3) is 3.89. The highest BCUT2D eigenvalue weighted by molar-refractivity contribution is 6.33. The highest BCUT2D eigenvalue weighted by atomic mass is 35.5. The molecule has 0 heterocycles. The Labute approximate surface area is 112 Å². The number of hydrogen-bond donors (Lipinski definition) is 1. The molecule has 100 valence electrons. The number of rotatable bonds is 7. The summed E-state index contributed by atoms with van der Waals surface area (Å²) >= 11 is 5.85. The first kappa shape index (κ1) is 14.8. The van der Waals surface area contributed by atoms with Gasteiger partial charge in [-0.2, -0.15) is 0 Å². The fourth-order valence-corrected chi connectivity index (χ4v) is 1.90. The van der Waals surface area contributed by atoms with E-state index in [-0.39, 0.29) is 10.6 Å². The molecule has 18 heavy (non-hydrogen) atoms. The molecule has 0 saturated carbocycles. The summed E-state index contributed by atoms with van der Waals surface area (Å²) < 4.78 is 5.51. The summed E-state index contributed by atoms with van der Waals surface area (Å²) in [7, 11) is 0. The lowest BCUT2D eigenvalue weighted by molar-refractivity contribution is 0.0692. The molecular formula is C13H18ClNO3. The van der Waals surface area contributed by atoms with Crippen LogP contribution < -0.4 is 4.74 Å². The molecule has 0 spiro atoms. The zero-order valence-corrected chi connectivity index (χ0v) is 11.4. The second-order valence-electron chi connectivity index (χ2n) is 3.79. The minimum Gasteiger partial charge on any atom is -0.491 e. The number of likely N-dealkylation sites (N-methyl/N-ethyl adjacent to an activating group) is 1. The largest absolute Gasteiger partial charge is 0.491 e. The molecule has 0 aromatic heterocycles. The van der Waals surface area contributed by atoms with Crippen molar-refractivity contribution < 1.29 is 14.6 Å². The van der Waals surface area contributed by atoms with Crippen molar-refractivity contribution in [3.8, 4) is 5.75 Å². The minimum atomic E-state index is -1.07. The van der Waals surface area contributed by atoms with Gasteiger partial charge in [0.1, 0.15) is 17.9 Å². The summed E-state index contributed by atoms with van der Waals surface area (Å²) in [5.41, 5.74) is 0.0266. The van der Waals surface area contributed by atoms with Crippen molar-refractivity contribution in [3.63, 3.8) is 0 Å². The highest BCUT2D eigenvalue weighted by Gasteiger charge is 2.15. The number of carboxylic acids is 1. The van der Waals surface area contributed by atoms with Crippen LogP contribution in [-0.2, 0) is 0 Å². The second kappa shape index (κ2) is 7.24. The summed E-state index contributed by atoms with van der Waals surface area (Å²) in [5.74, 6) is -0.749. The molecule has 0 saturated heterocycles. The van der Waals surface area contributed by atoms with Gasteiger partial charge in [-0.25, -0.2) is 4.79 Å². The number of aromatic carboxylic acids is 1. The summed E-state index contributed by atoms with van der Waals surface area (Å²) in [5, 5.41) is 9.27. The minimum absolute atomic E-state index is 0.0266. The smallest absolute Gasteiger partial charge is 0.341 e. The van der Waals surface area contributed by atoms with Gasteiger partial charge in [-0.1, -0.05) is 31.5 Å². The third-order valence-corrected chi connectivity index (χ3v) is 3.06. The van der Waals surface area contributed by atoms with E-state index in [2.05, 4.69) is 18.7 Å². The molecule has 0 bridgehead atoms. The van der Waals surface area contributed by atoms with Crippen LogP contribution in [0.5, 0.6) is 5.75 Å². The van der Waals surface area contributed by atoms with Crippen LogP contribution in [0.25, 0.3) is 0 Å². The highest BCUT2D eigenvalue weighted by Crippen LogP contribution is 2.26. The van der Waals surface area contributed by atoms with Gasteiger partial charge in [0.05, 0.1) is 5.02 Å². The van der Waals surface area contributed by atoms with E-state index in [1.54, 1.807) is 18.2 Å². The lowest BCUT2D eigenvalue weighted by Gasteiger charge is -2.18. The number of carboxylic acid groups (broad SMARTS) is 1. The van der Waals surface area contributed by atoms with Gasteiger partial charge in [0.15, 0.2) is 0 Å². The SMILES string of the molecule is CCN(CC)CCOc1cccc(Cl)c1C(=O)O. The molecular weight excluding hydrogens is 254 g/mol. The number of nitrogens with zero attached hydrogens (tertiary/aromatic N) is 1. The van der Waals surface area contributed by atoms with Gasteiger partial charge in [0, 0.05) is 6.54 Å². The van der Waals surface area contributed by atoms with Crippen LogP contribution in [0.15, 0.2) is 18.2 Å². The van der Waals surface area contributed by atoms with Crippen LogP contribution in [0.3, 0.4) is 0 Å². The molecule has 4 nitrogen and oxygen atoms in total.